The number of carbonyl (C=O) groups is 2. The molecular weight excluding hydrogens is 501 g/mol. The number of ether oxygens (including phenoxy) is 1. The van der Waals surface area contributed by atoms with Gasteiger partial charge in [0.25, 0.3) is 0 Å². The summed E-state index contributed by atoms with van der Waals surface area (Å²) in [6.45, 7) is 3.99. The van der Waals surface area contributed by atoms with E-state index < -0.39 is 17.8 Å². The van der Waals surface area contributed by atoms with Gasteiger partial charge in [-0.25, -0.2) is 0 Å². The third-order valence-corrected chi connectivity index (χ3v) is 5.56. The lowest BCUT2D eigenvalue weighted by Crippen LogP contribution is -2.40. The average molecular weight is 533 g/mol. The Balaban J connectivity index is 0.000000402. The first-order valence-electron chi connectivity index (χ1n) is 11.7. The van der Waals surface area contributed by atoms with E-state index in [1.807, 2.05) is 13.0 Å². The van der Waals surface area contributed by atoms with Crippen LogP contribution >= 0.6 is 12.6 Å². The van der Waals surface area contributed by atoms with Crippen molar-refractivity contribution >= 4 is 24.3 Å². The van der Waals surface area contributed by atoms with Crippen molar-refractivity contribution < 1.29 is 27.5 Å². The molecule has 3 rings (SSSR count). The third kappa shape index (κ3) is 10.7. The SMILES string of the molecule is CC(=O)c1ccc(S)cc1.CCCC(N)C(=O)NCc1cccc(OCc2ccc(C(F)(F)F)cc2)c1. The van der Waals surface area contributed by atoms with Crippen LogP contribution in [0.5, 0.6) is 5.75 Å². The largest absolute Gasteiger partial charge is 0.489 e. The van der Waals surface area contributed by atoms with E-state index in [9.17, 15) is 22.8 Å². The van der Waals surface area contributed by atoms with Crippen molar-refractivity contribution in [1.29, 1.82) is 0 Å². The second kappa shape index (κ2) is 14.4. The fourth-order valence-corrected chi connectivity index (χ4v) is 3.31. The first-order valence-corrected chi connectivity index (χ1v) is 12.2. The molecule has 3 aromatic rings. The summed E-state index contributed by atoms with van der Waals surface area (Å²) in [6, 6.07) is 18.6. The Morgan fingerprint density at radius 3 is 2.22 bits per heavy atom. The molecule has 9 heteroatoms. The number of Topliss-reactive ketones (excluding diaryl/α,β-unsaturated/α-hetero) is 1. The highest BCUT2D eigenvalue weighted by molar-refractivity contribution is 7.80. The molecule has 1 atom stereocenters. The molecule has 0 aliphatic heterocycles. The highest BCUT2D eigenvalue weighted by Gasteiger charge is 2.29. The minimum Gasteiger partial charge on any atom is -0.489 e. The minimum atomic E-state index is -4.35. The molecule has 0 aromatic heterocycles. The van der Waals surface area contributed by atoms with Crippen LogP contribution in [0.4, 0.5) is 13.2 Å². The van der Waals surface area contributed by atoms with Crippen LogP contribution in [-0.2, 0) is 24.1 Å². The zero-order chi connectivity index (χ0) is 27.4. The maximum Gasteiger partial charge on any atom is 0.416 e. The van der Waals surface area contributed by atoms with Gasteiger partial charge < -0.3 is 15.8 Å². The van der Waals surface area contributed by atoms with Gasteiger partial charge in [0.15, 0.2) is 5.78 Å². The quantitative estimate of drug-likeness (QED) is 0.226. The van der Waals surface area contributed by atoms with Crippen molar-refractivity contribution in [3.8, 4) is 5.75 Å². The van der Waals surface area contributed by atoms with Crippen LogP contribution in [0, 0.1) is 0 Å². The fourth-order valence-electron chi connectivity index (χ4n) is 3.16. The fraction of sp³-hybridized carbons (Fsp3) is 0.286. The van der Waals surface area contributed by atoms with Crippen LogP contribution < -0.4 is 15.8 Å². The van der Waals surface area contributed by atoms with Crippen LogP contribution in [0.3, 0.4) is 0 Å². The number of amides is 1. The Bertz CT molecular complexity index is 1150. The minimum absolute atomic E-state index is 0.0910. The molecule has 0 radical (unpaired) electrons. The molecule has 0 bridgehead atoms. The van der Waals surface area contributed by atoms with Gasteiger partial charge in [-0.1, -0.05) is 49.7 Å². The lowest BCUT2D eigenvalue weighted by molar-refractivity contribution is -0.137. The molecule has 37 heavy (non-hydrogen) atoms. The van der Waals surface area contributed by atoms with Gasteiger partial charge in [-0.3, -0.25) is 9.59 Å². The van der Waals surface area contributed by atoms with Crippen molar-refractivity contribution in [3.05, 3.63) is 95.1 Å². The number of benzene rings is 3. The molecule has 0 heterocycles. The number of alkyl halides is 3. The van der Waals surface area contributed by atoms with Gasteiger partial charge in [-0.05, 0) is 60.9 Å². The maximum atomic E-state index is 12.6. The van der Waals surface area contributed by atoms with Gasteiger partial charge in [0, 0.05) is 17.0 Å². The van der Waals surface area contributed by atoms with Gasteiger partial charge >= 0.3 is 6.18 Å². The topological polar surface area (TPSA) is 81.4 Å². The van der Waals surface area contributed by atoms with Crippen LogP contribution in [0.25, 0.3) is 0 Å². The number of ketones is 1. The highest BCUT2D eigenvalue weighted by atomic mass is 32.1. The maximum absolute atomic E-state index is 12.6. The Morgan fingerprint density at radius 2 is 1.65 bits per heavy atom. The zero-order valence-electron chi connectivity index (χ0n) is 20.7. The monoisotopic (exact) mass is 532 g/mol. The zero-order valence-corrected chi connectivity index (χ0v) is 21.6. The van der Waals surface area contributed by atoms with E-state index in [2.05, 4.69) is 17.9 Å². The summed E-state index contributed by atoms with van der Waals surface area (Å²) >= 11 is 4.09. The molecule has 5 nitrogen and oxygen atoms in total. The van der Waals surface area contributed by atoms with Crippen LogP contribution in [0.1, 0.15) is 53.7 Å². The second-order valence-electron chi connectivity index (χ2n) is 8.35. The number of hydrogen-bond acceptors (Lipinski definition) is 5. The summed E-state index contributed by atoms with van der Waals surface area (Å²) in [7, 11) is 0. The van der Waals surface area contributed by atoms with E-state index in [1.165, 1.54) is 12.1 Å². The Kier molecular flexibility index (Phi) is 11.7. The molecule has 198 valence electrons. The Hall–Kier alpha value is -3.30. The van der Waals surface area contributed by atoms with E-state index in [1.54, 1.807) is 49.4 Å². The number of halogens is 3. The van der Waals surface area contributed by atoms with Crippen molar-refractivity contribution in [1.82, 2.24) is 5.32 Å². The second-order valence-corrected chi connectivity index (χ2v) is 8.86. The van der Waals surface area contributed by atoms with E-state index in [-0.39, 0.29) is 18.3 Å². The lowest BCUT2D eigenvalue weighted by Gasteiger charge is -2.12. The van der Waals surface area contributed by atoms with Crippen LogP contribution in [0.2, 0.25) is 0 Å². The summed E-state index contributed by atoms with van der Waals surface area (Å²) in [5.74, 6) is 0.459. The van der Waals surface area contributed by atoms with Gasteiger partial charge in [0.05, 0.1) is 11.6 Å². The lowest BCUT2D eigenvalue weighted by atomic mass is 10.1. The van der Waals surface area contributed by atoms with Crippen molar-refractivity contribution in [2.75, 3.05) is 0 Å². The summed E-state index contributed by atoms with van der Waals surface area (Å²) < 4.78 is 43.3. The molecule has 3 N–H and O–H groups in total. The number of thiol groups is 1. The Labute approximate surface area is 220 Å². The van der Waals surface area contributed by atoms with Gasteiger partial charge in [-0.15, -0.1) is 12.6 Å². The smallest absolute Gasteiger partial charge is 0.416 e. The molecular formula is C28H31F3N2O3S. The number of carbonyl (C=O) groups excluding carboxylic acids is 2. The predicted molar refractivity (Wildman–Crippen MR) is 141 cm³/mol. The number of rotatable bonds is 9. The molecule has 0 aliphatic carbocycles. The first kappa shape index (κ1) is 29.9. The predicted octanol–water partition coefficient (Wildman–Crippen LogP) is 6.21. The molecule has 1 amide bonds. The molecule has 3 aromatic carbocycles. The molecule has 0 spiro atoms. The first-order chi connectivity index (χ1) is 17.5. The number of hydrogen-bond donors (Lipinski definition) is 3. The van der Waals surface area contributed by atoms with Crippen molar-refractivity contribution in [2.24, 2.45) is 5.73 Å². The number of nitrogens with two attached hydrogens (primary N) is 1. The Morgan fingerprint density at radius 1 is 1.00 bits per heavy atom. The summed E-state index contributed by atoms with van der Waals surface area (Å²) in [5, 5.41) is 2.78. The third-order valence-electron chi connectivity index (χ3n) is 5.26. The summed E-state index contributed by atoms with van der Waals surface area (Å²) in [6.07, 6.45) is -2.89. The average Bonchev–Trinajstić information content (AvgIpc) is 2.87. The van der Waals surface area contributed by atoms with E-state index in [0.29, 0.717) is 24.3 Å². The van der Waals surface area contributed by atoms with E-state index in [4.69, 9.17) is 10.5 Å². The van der Waals surface area contributed by atoms with Crippen LogP contribution in [-0.4, -0.2) is 17.7 Å². The van der Waals surface area contributed by atoms with Crippen LogP contribution in [0.15, 0.2) is 77.7 Å². The van der Waals surface area contributed by atoms with E-state index in [0.717, 1.165) is 34.6 Å². The van der Waals surface area contributed by atoms with Gasteiger partial charge in [0.1, 0.15) is 12.4 Å². The van der Waals surface area contributed by atoms with Gasteiger partial charge in [0.2, 0.25) is 5.91 Å². The summed E-state index contributed by atoms with van der Waals surface area (Å²) in [4.78, 5) is 23.5. The highest BCUT2D eigenvalue weighted by Crippen LogP contribution is 2.29. The van der Waals surface area contributed by atoms with Gasteiger partial charge in [-0.2, -0.15) is 13.2 Å². The standard InChI is InChI=1S/C20H23F3N2O2.C8H8OS/c1-2-4-18(24)19(26)25-12-15-5-3-6-17(11-15)27-13-14-7-9-16(10-8-14)20(21,22)23;1-6(9)7-2-4-8(10)5-3-7/h3,5-11,18H,2,4,12-13,24H2,1H3,(H,25,26);2-5,10H,1H3. The molecule has 1 unspecified atom stereocenters. The van der Waals surface area contributed by atoms with Crippen molar-refractivity contribution in [3.63, 3.8) is 0 Å². The number of nitrogens with one attached hydrogen (secondary N) is 1. The molecule has 0 fully saturated rings. The van der Waals surface area contributed by atoms with E-state index >= 15 is 0 Å². The molecule has 0 aliphatic rings. The molecule has 0 saturated heterocycles. The van der Waals surface area contributed by atoms with Crippen molar-refractivity contribution in [2.45, 2.75) is 57.0 Å². The molecule has 0 saturated carbocycles. The normalized spacial score (nSPS) is 11.6. The summed E-state index contributed by atoms with van der Waals surface area (Å²) in [5.41, 5.74) is 7.28.